The van der Waals surface area contributed by atoms with Crippen LogP contribution in [0.15, 0.2) is 72.4 Å². The van der Waals surface area contributed by atoms with Crippen molar-refractivity contribution in [1.29, 1.82) is 0 Å². The minimum Gasteiger partial charge on any atom is -0.398 e. The lowest BCUT2D eigenvalue weighted by molar-refractivity contribution is -0.107. The molecule has 3 aromatic heterocycles. The SMILES string of the molecule is C#CCN(C=O)c1ccccc1.Nc1csc2nc(-c3cccnc3)ccc12. The smallest absolute Gasteiger partial charge is 0.214 e. The molecular weight excluding hydrogens is 368 g/mol. The van der Waals surface area contributed by atoms with E-state index >= 15 is 0 Å². The first-order valence-electron chi connectivity index (χ1n) is 8.47. The van der Waals surface area contributed by atoms with Crippen molar-refractivity contribution in [2.75, 3.05) is 17.2 Å². The quantitative estimate of drug-likeness (QED) is 0.421. The maximum absolute atomic E-state index is 10.5. The molecule has 4 rings (SSSR count). The van der Waals surface area contributed by atoms with Gasteiger partial charge in [0.2, 0.25) is 6.41 Å². The zero-order chi connectivity index (χ0) is 19.8. The molecule has 4 aromatic rings. The second-order valence-electron chi connectivity index (χ2n) is 5.75. The summed E-state index contributed by atoms with van der Waals surface area (Å²) < 4.78 is 0. The van der Waals surface area contributed by atoms with E-state index in [9.17, 15) is 4.79 Å². The zero-order valence-electron chi connectivity index (χ0n) is 15.0. The number of hydrogen-bond acceptors (Lipinski definition) is 5. The van der Waals surface area contributed by atoms with Gasteiger partial charge in [0.25, 0.3) is 0 Å². The molecule has 1 amide bonds. The van der Waals surface area contributed by atoms with E-state index in [1.807, 2.05) is 66.2 Å². The number of amides is 1. The number of fused-ring (bicyclic) bond motifs is 1. The molecule has 0 aliphatic carbocycles. The number of rotatable bonds is 4. The highest BCUT2D eigenvalue weighted by Gasteiger charge is 2.05. The number of anilines is 2. The van der Waals surface area contributed by atoms with E-state index in [1.54, 1.807) is 17.5 Å². The van der Waals surface area contributed by atoms with Crippen LogP contribution in [0.4, 0.5) is 11.4 Å². The standard InChI is InChI=1S/C12H9N3S.C10H9NO/c13-10-7-16-12-9(10)3-4-11(15-12)8-2-1-5-14-6-8;1-2-8-11(9-12)10-6-4-3-5-7-10/h1-7H,13H2;1,3-7,9H,8H2. The third-order valence-electron chi connectivity index (χ3n) is 3.90. The Morgan fingerprint density at radius 3 is 2.64 bits per heavy atom. The van der Waals surface area contributed by atoms with Crippen LogP contribution in [0.3, 0.4) is 0 Å². The fraction of sp³-hybridized carbons (Fsp3) is 0.0455. The van der Waals surface area contributed by atoms with Crippen LogP contribution in [0.25, 0.3) is 21.5 Å². The Kier molecular flexibility index (Phi) is 6.34. The topological polar surface area (TPSA) is 72.1 Å². The van der Waals surface area contributed by atoms with Gasteiger partial charge in [-0.2, -0.15) is 0 Å². The van der Waals surface area contributed by atoms with Gasteiger partial charge in [-0.3, -0.25) is 9.78 Å². The molecule has 0 atom stereocenters. The molecule has 0 fully saturated rings. The largest absolute Gasteiger partial charge is 0.398 e. The summed E-state index contributed by atoms with van der Waals surface area (Å²) in [5.41, 5.74) is 9.40. The predicted molar refractivity (Wildman–Crippen MR) is 116 cm³/mol. The monoisotopic (exact) mass is 386 g/mol. The maximum atomic E-state index is 10.5. The lowest BCUT2D eigenvalue weighted by Gasteiger charge is -2.12. The minimum absolute atomic E-state index is 0.313. The van der Waals surface area contributed by atoms with Crippen molar-refractivity contribution in [1.82, 2.24) is 9.97 Å². The summed E-state index contributed by atoms with van der Waals surface area (Å²) in [6.07, 6.45) is 9.39. The van der Waals surface area contributed by atoms with Crippen LogP contribution >= 0.6 is 11.3 Å². The first-order valence-corrected chi connectivity index (χ1v) is 9.35. The van der Waals surface area contributed by atoms with Gasteiger partial charge < -0.3 is 10.6 Å². The number of carbonyl (C=O) groups is 1. The number of carbonyl (C=O) groups excluding carboxylic acids is 1. The molecule has 3 heterocycles. The Labute approximate surface area is 167 Å². The number of terminal acetylenes is 1. The fourth-order valence-corrected chi connectivity index (χ4v) is 3.34. The Bertz CT molecular complexity index is 1090. The first-order chi connectivity index (χ1) is 13.7. The van der Waals surface area contributed by atoms with Crippen LogP contribution in [0.5, 0.6) is 0 Å². The van der Waals surface area contributed by atoms with E-state index in [2.05, 4.69) is 15.9 Å². The number of pyridine rings is 2. The first kappa shape index (κ1) is 19.1. The summed E-state index contributed by atoms with van der Waals surface area (Å²) in [5, 5.41) is 2.95. The lowest BCUT2D eigenvalue weighted by Crippen LogP contribution is -2.20. The number of nitrogens with two attached hydrogens (primary N) is 1. The van der Waals surface area contributed by atoms with E-state index in [0.717, 1.165) is 39.3 Å². The summed E-state index contributed by atoms with van der Waals surface area (Å²) in [6, 6.07) is 17.2. The van der Waals surface area contributed by atoms with Crippen molar-refractivity contribution < 1.29 is 4.79 Å². The molecule has 28 heavy (non-hydrogen) atoms. The van der Waals surface area contributed by atoms with Crippen LogP contribution in [-0.2, 0) is 4.79 Å². The summed E-state index contributed by atoms with van der Waals surface area (Å²) in [5.74, 6) is 2.41. The van der Waals surface area contributed by atoms with Gasteiger partial charge in [-0.15, -0.1) is 17.8 Å². The Morgan fingerprint density at radius 2 is 1.96 bits per heavy atom. The average Bonchev–Trinajstić information content (AvgIpc) is 3.14. The van der Waals surface area contributed by atoms with E-state index in [1.165, 1.54) is 4.90 Å². The zero-order valence-corrected chi connectivity index (χ0v) is 15.8. The minimum atomic E-state index is 0.313. The van der Waals surface area contributed by atoms with Crippen molar-refractivity contribution in [2.24, 2.45) is 0 Å². The van der Waals surface area contributed by atoms with Crippen LogP contribution in [0, 0.1) is 12.3 Å². The van der Waals surface area contributed by atoms with E-state index in [-0.39, 0.29) is 0 Å². The van der Waals surface area contributed by atoms with E-state index in [4.69, 9.17) is 12.2 Å². The number of benzene rings is 1. The van der Waals surface area contributed by atoms with Crippen molar-refractivity contribution in [3.63, 3.8) is 0 Å². The van der Waals surface area contributed by atoms with Gasteiger partial charge in [0.05, 0.1) is 17.9 Å². The van der Waals surface area contributed by atoms with Gasteiger partial charge in [0, 0.05) is 34.4 Å². The second-order valence-corrected chi connectivity index (χ2v) is 6.61. The summed E-state index contributed by atoms with van der Waals surface area (Å²) in [7, 11) is 0. The number of nitrogens with zero attached hydrogens (tertiary/aromatic N) is 3. The van der Waals surface area contributed by atoms with Crippen LogP contribution in [-0.4, -0.2) is 22.9 Å². The molecule has 1 aromatic carbocycles. The van der Waals surface area contributed by atoms with Gasteiger partial charge in [-0.1, -0.05) is 24.1 Å². The normalized spacial score (nSPS) is 9.82. The third kappa shape index (κ3) is 4.53. The molecular formula is C22H18N4OS. The Hall–Kier alpha value is -3.69. The number of para-hydroxylation sites is 1. The second kappa shape index (κ2) is 9.31. The number of hydrogen-bond donors (Lipinski definition) is 1. The molecule has 0 spiro atoms. The number of aromatic nitrogens is 2. The highest BCUT2D eigenvalue weighted by molar-refractivity contribution is 7.17. The predicted octanol–water partition coefficient (Wildman–Crippen LogP) is 4.22. The van der Waals surface area contributed by atoms with Gasteiger partial charge in [-0.25, -0.2) is 4.98 Å². The van der Waals surface area contributed by atoms with Crippen LogP contribution in [0.1, 0.15) is 0 Å². The molecule has 0 radical (unpaired) electrons. The molecule has 6 heteroatoms. The highest BCUT2D eigenvalue weighted by atomic mass is 32.1. The van der Waals surface area contributed by atoms with Crippen LogP contribution in [0.2, 0.25) is 0 Å². The Morgan fingerprint density at radius 1 is 1.14 bits per heavy atom. The molecule has 0 unspecified atom stereocenters. The summed E-state index contributed by atoms with van der Waals surface area (Å²) in [4.78, 5) is 21.6. The lowest BCUT2D eigenvalue weighted by atomic mass is 10.2. The Balaban J connectivity index is 0.000000169. The highest BCUT2D eigenvalue weighted by Crippen LogP contribution is 2.28. The molecule has 0 saturated heterocycles. The van der Waals surface area contributed by atoms with E-state index in [0.29, 0.717) is 6.54 Å². The molecule has 0 aliphatic heterocycles. The molecule has 2 N–H and O–H groups in total. The summed E-state index contributed by atoms with van der Waals surface area (Å²) >= 11 is 1.57. The molecule has 0 aliphatic rings. The molecule has 138 valence electrons. The van der Waals surface area contributed by atoms with Crippen LogP contribution < -0.4 is 10.6 Å². The molecule has 0 saturated carbocycles. The summed E-state index contributed by atoms with van der Waals surface area (Å²) in [6.45, 7) is 0.313. The number of nitrogen functional groups attached to an aromatic ring is 1. The molecule has 5 nitrogen and oxygen atoms in total. The van der Waals surface area contributed by atoms with E-state index < -0.39 is 0 Å². The fourth-order valence-electron chi connectivity index (χ4n) is 2.52. The van der Waals surface area contributed by atoms with Crippen molar-refractivity contribution in [3.05, 3.63) is 72.4 Å². The number of thiophene rings is 1. The van der Waals surface area contributed by atoms with Gasteiger partial charge in [0.15, 0.2) is 0 Å². The van der Waals surface area contributed by atoms with Crippen molar-refractivity contribution in [3.8, 4) is 23.6 Å². The molecule has 0 bridgehead atoms. The van der Waals surface area contributed by atoms with Gasteiger partial charge in [-0.05, 0) is 36.4 Å². The van der Waals surface area contributed by atoms with Gasteiger partial charge >= 0.3 is 0 Å². The van der Waals surface area contributed by atoms with Gasteiger partial charge in [0.1, 0.15) is 4.83 Å². The third-order valence-corrected chi connectivity index (χ3v) is 4.81. The van der Waals surface area contributed by atoms with Crippen molar-refractivity contribution >= 4 is 39.3 Å². The van der Waals surface area contributed by atoms with Crippen molar-refractivity contribution in [2.45, 2.75) is 0 Å². The average molecular weight is 386 g/mol. The maximum Gasteiger partial charge on any atom is 0.214 e.